The summed E-state index contributed by atoms with van der Waals surface area (Å²) in [6.45, 7) is 3.90. The molecule has 0 saturated heterocycles. The van der Waals surface area contributed by atoms with E-state index in [9.17, 15) is 4.79 Å². The number of rotatable bonds is 2. The van der Waals surface area contributed by atoms with E-state index >= 15 is 0 Å². The molecular weight excluding hydrogens is 272 g/mol. The van der Waals surface area contributed by atoms with Crippen molar-refractivity contribution in [3.05, 3.63) is 46.7 Å². The lowest BCUT2D eigenvalue weighted by atomic mass is 10.1. The summed E-state index contributed by atoms with van der Waals surface area (Å²) in [6, 6.07) is 5.36. The zero-order valence-corrected chi connectivity index (χ0v) is 11.9. The number of amides is 1. The molecule has 1 aromatic carbocycles. The molecule has 0 unspecified atom stereocenters. The summed E-state index contributed by atoms with van der Waals surface area (Å²) >= 11 is 1.46. The second kappa shape index (κ2) is 4.97. The Kier molecular flexibility index (Phi) is 3.15. The standard InChI is InChI=1S/C14H12N4OS/c1-8-9(2)20-14(17-8)18-13(19)10-4-3-5-11-12(10)16-7-6-15-11/h3-7H,1-2H3,(H,17,18,19). The molecule has 0 aliphatic rings. The highest BCUT2D eigenvalue weighted by Gasteiger charge is 2.13. The minimum atomic E-state index is -0.218. The van der Waals surface area contributed by atoms with E-state index in [0.717, 1.165) is 10.6 Å². The molecular formula is C14H12N4OS. The number of benzene rings is 1. The first kappa shape index (κ1) is 12.7. The zero-order chi connectivity index (χ0) is 14.1. The summed E-state index contributed by atoms with van der Waals surface area (Å²) in [7, 11) is 0. The maximum absolute atomic E-state index is 12.3. The smallest absolute Gasteiger partial charge is 0.259 e. The third-order valence-corrected chi connectivity index (χ3v) is 3.98. The Bertz CT molecular complexity index is 772. The van der Waals surface area contributed by atoms with Crippen LogP contribution in [0.2, 0.25) is 0 Å². The Hall–Kier alpha value is -2.34. The Labute approximate surface area is 119 Å². The molecule has 3 rings (SSSR count). The molecule has 0 atom stereocenters. The molecule has 1 amide bonds. The summed E-state index contributed by atoms with van der Waals surface area (Å²) in [6.07, 6.45) is 3.19. The van der Waals surface area contributed by atoms with Crippen LogP contribution in [0.4, 0.5) is 5.13 Å². The predicted octanol–water partition coefficient (Wildman–Crippen LogP) is 2.96. The minimum Gasteiger partial charge on any atom is -0.298 e. The number of anilines is 1. The highest BCUT2D eigenvalue weighted by atomic mass is 32.1. The van der Waals surface area contributed by atoms with Gasteiger partial charge in [0.25, 0.3) is 5.91 Å². The van der Waals surface area contributed by atoms with Crippen molar-refractivity contribution in [2.45, 2.75) is 13.8 Å². The number of aromatic nitrogens is 3. The number of hydrogen-bond donors (Lipinski definition) is 1. The SMILES string of the molecule is Cc1nc(NC(=O)c2cccc3nccnc23)sc1C. The number of nitrogens with one attached hydrogen (secondary N) is 1. The van der Waals surface area contributed by atoms with Gasteiger partial charge in [-0.25, -0.2) is 4.98 Å². The number of fused-ring (bicyclic) bond motifs is 1. The molecule has 100 valence electrons. The highest BCUT2D eigenvalue weighted by molar-refractivity contribution is 7.15. The Morgan fingerprint density at radius 3 is 2.75 bits per heavy atom. The van der Waals surface area contributed by atoms with Gasteiger partial charge in [0.05, 0.1) is 16.8 Å². The first-order chi connectivity index (χ1) is 9.65. The molecule has 0 spiro atoms. The summed E-state index contributed by atoms with van der Waals surface area (Å²) in [5.74, 6) is -0.218. The van der Waals surface area contributed by atoms with Crippen LogP contribution in [0.1, 0.15) is 20.9 Å². The third kappa shape index (κ3) is 2.25. The summed E-state index contributed by atoms with van der Waals surface area (Å²) in [4.78, 5) is 26.2. The van der Waals surface area contributed by atoms with E-state index in [-0.39, 0.29) is 5.91 Å². The number of carbonyl (C=O) groups excluding carboxylic acids is 1. The van der Waals surface area contributed by atoms with Crippen molar-refractivity contribution in [3.63, 3.8) is 0 Å². The van der Waals surface area contributed by atoms with E-state index in [1.165, 1.54) is 11.3 Å². The first-order valence-corrected chi connectivity index (χ1v) is 6.92. The van der Waals surface area contributed by atoms with Crippen molar-refractivity contribution < 1.29 is 4.79 Å². The van der Waals surface area contributed by atoms with Crippen LogP contribution in [0, 0.1) is 13.8 Å². The van der Waals surface area contributed by atoms with Gasteiger partial charge in [-0.1, -0.05) is 6.07 Å². The molecule has 5 nitrogen and oxygen atoms in total. The van der Waals surface area contributed by atoms with Gasteiger partial charge >= 0.3 is 0 Å². The lowest BCUT2D eigenvalue weighted by molar-refractivity contribution is 0.102. The van der Waals surface area contributed by atoms with Gasteiger partial charge < -0.3 is 0 Å². The Balaban J connectivity index is 1.96. The van der Waals surface area contributed by atoms with Gasteiger partial charge in [0, 0.05) is 17.3 Å². The van der Waals surface area contributed by atoms with E-state index < -0.39 is 0 Å². The molecule has 6 heteroatoms. The topological polar surface area (TPSA) is 67.8 Å². The highest BCUT2D eigenvalue weighted by Crippen LogP contribution is 2.22. The van der Waals surface area contributed by atoms with Crippen molar-refractivity contribution in [2.75, 3.05) is 5.32 Å². The number of hydrogen-bond acceptors (Lipinski definition) is 5. The zero-order valence-electron chi connectivity index (χ0n) is 11.0. The van der Waals surface area contributed by atoms with Crippen LogP contribution >= 0.6 is 11.3 Å². The summed E-state index contributed by atoms with van der Waals surface area (Å²) in [5.41, 5.74) is 2.73. The fraction of sp³-hybridized carbons (Fsp3) is 0.143. The van der Waals surface area contributed by atoms with Gasteiger partial charge in [-0.2, -0.15) is 0 Å². The molecule has 3 aromatic rings. The van der Waals surface area contributed by atoms with Crippen LogP contribution in [-0.4, -0.2) is 20.9 Å². The number of carbonyl (C=O) groups is 1. The first-order valence-electron chi connectivity index (χ1n) is 6.10. The van der Waals surface area contributed by atoms with Gasteiger partial charge in [-0.3, -0.25) is 20.1 Å². The molecule has 0 fully saturated rings. The van der Waals surface area contributed by atoms with Gasteiger partial charge in [0.2, 0.25) is 0 Å². The van der Waals surface area contributed by atoms with Crippen LogP contribution in [0.5, 0.6) is 0 Å². The second-order valence-corrected chi connectivity index (χ2v) is 5.55. The second-order valence-electron chi connectivity index (χ2n) is 4.34. The largest absolute Gasteiger partial charge is 0.298 e. The van der Waals surface area contributed by atoms with Crippen molar-refractivity contribution in [2.24, 2.45) is 0 Å². The number of aryl methyl sites for hydroxylation is 2. The van der Waals surface area contributed by atoms with Gasteiger partial charge in [-0.05, 0) is 26.0 Å². The average Bonchev–Trinajstić information content (AvgIpc) is 2.76. The number of nitrogens with zero attached hydrogens (tertiary/aromatic N) is 3. The molecule has 0 aliphatic heterocycles. The van der Waals surface area contributed by atoms with E-state index in [1.807, 2.05) is 19.9 Å². The van der Waals surface area contributed by atoms with Crippen LogP contribution in [0.3, 0.4) is 0 Å². The van der Waals surface area contributed by atoms with Crippen LogP contribution in [0.25, 0.3) is 11.0 Å². The van der Waals surface area contributed by atoms with Gasteiger partial charge in [-0.15, -0.1) is 11.3 Å². The molecule has 2 heterocycles. The van der Waals surface area contributed by atoms with Crippen molar-refractivity contribution in [1.29, 1.82) is 0 Å². The molecule has 0 saturated carbocycles. The molecule has 2 aromatic heterocycles. The number of para-hydroxylation sites is 1. The summed E-state index contributed by atoms with van der Waals surface area (Å²) < 4.78 is 0. The van der Waals surface area contributed by atoms with Crippen molar-refractivity contribution in [1.82, 2.24) is 15.0 Å². The van der Waals surface area contributed by atoms with E-state index in [4.69, 9.17) is 0 Å². The van der Waals surface area contributed by atoms with Crippen LogP contribution in [0.15, 0.2) is 30.6 Å². The maximum atomic E-state index is 12.3. The third-order valence-electron chi connectivity index (χ3n) is 2.99. The fourth-order valence-corrected chi connectivity index (χ4v) is 2.68. The maximum Gasteiger partial charge on any atom is 0.259 e. The van der Waals surface area contributed by atoms with Gasteiger partial charge in [0.1, 0.15) is 5.52 Å². The molecule has 1 N–H and O–H groups in total. The van der Waals surface area contributed by atoms with E-state index in [2.05, 4.69) is 20.3 Å². The van der Waals surface area contributed by atoms with E-state index in [0.29, 0.717) is 21.7 Å². The normalized spacial score (nSPS) is 10.7. The fourth-order valence-electron chi connectivity index (χ4n) is 1.87. The van der Waals surface area contributed by atoms with Crippen LogP contribution < -0.4 is 5.32 Å². The number of thiazole rings is 1. The quantitative estimate of drug-likeness (QED) is 0.785. The molecule has 0 aliphatic carbocycles. The minimum absolute atomic E-state index is 0.218. The van der Waals surface area contributed by atoms with Crippen molar-refractivity contribution >= 4 is 33.4 Å². The Morgan fingerprint density at radius 1 is 1.20 bits per heavy atom. The van der Waals surface area contributed by atoms with E-state index in [1.54, 1.807) is 24.5 Å². The lowest BCUT2D eigenvalue weighted by Gasteiger charge is -2.04. The molecule has 20 heavy (non-hydrogen) atoms. The summed E-state index contributed by atoms with van der Waals surface area (Å²) in [5, 5.41) is 3.42. The monoisotopic (exact) mass is 284 g/mol. The average molecular weight is 284 g/mol. The lowest BCUT2D eigenvalue weighted by Crippen LogP contribution is -2.12. The van der Waals surface area contributed by atoms with Gasteiger partial charge in [0.15, 0.2) is 5.13 Å². The predicted molar refractivity (Wildman–Crippen MR) is 79.1 cm³/mol. The molecule has 0 bridgehead atoms. The Morgan fingerprint density at radius 2 is 2.00 bits per heavy atom. The van der Waals surface area contributed by atoms with Crippen LogP contribution in [-0.2, 0) is 0 Å². The molecule has 0 radical (unpaired) electrons. The van der Waals surface area contributed by atoms with Crippen molar-refractivity contribution in [3.8, 4) is 0 Å².